The Bertz CT molecular complexity index is 1100. The molecule has 6 nitrogen and oxygen atoms in total. The van der Waals surface area contributed by atoms with Crippen LogP contribution in [0.1, 0.15) is 45.2 Å². The maximum Gasteiger partial charge on any atom is 0.410 e. The second-order valence-electron chi connectivity index (χ2n) is 8.93. The standard InChI is InChI=1S/C24H28FN3O3/c1-24(2,3)31-23(29)28-11-8-15(9-12-28)20-14-19-17(7-10-26-22(19)27-20)18-13-16(25)5-6-21(18)30-4/h5-7,10,13-15H,8-9,11-12H2,1-4H3,(H,26,27). The Balaban J connectivity index is 1.57. The van der Waals surface area contributed by atoms with Gasteiger partial charge in [-0.1, -0.05) is 0 Å². The summed E-state index contributed by atoms with van der Waals surface area (Å²) in [6, 6.07) is 8.48. The second-order valence-corrected chi connectivity index (χ2v) is 8.93. The molecule has 0 spiro atoms. The lowest BCUT2D eigenvalue weighted by Crippen LogP contribution is -2.41. The van der Waals surface area contributed by atoms with Gasteiger partial charge in [0, 0.05) is 41.8 Å². The lowest BCUT2D eigenvalue weighted by atomic mass is 9.93. The molecule has 1 aromatic carbocycles. The number of methoxy groups -OCH3 is 1. The summed E-state index contributed by atoms with van der Waals surface area (Å²) in [6.45, 7) is 6.92. The minimum Gasteiger partial charge on any atom is -0.496 e. The van der Waals surface area contributed by atoms with Crippen LogP contribution in [0.4, 0.5) is 9.18 Å². The number of hydrogen-bond donors (Lipinski definition) is 1. The van der Waals surface area contributed by atoms with Crippen molar-refractivity contribution in [2.45, 2.75) is 45.1 Å². The monoisotopic (exact) mass is 425 g/mol. The predicted octanol–water partition coefficient (Wildman–Crippen LogP) is 5.49. The molecule has 0 saturated carbocycles. The lowest BCUT2D eigenvalue weighted by molar-refractivity contribution is 0.0204. The van der Waals surface area contributed by atoms with Gasteiger partial charge in [0.1, 0.15) is 22.8 Å². The smallest absolute Gasteiger partial charge is 0.410 e. The summed E-state index contributed by atoms with van der Waals surface area (Å²) >= 11 is 0. The molecule has 0 radical (unpaired) electrons. The van der Waals surface area contributed by atoms with Crippen molar-refractivity contribution >= 4 is 17.1 Å². The highest BCUT2D eigenvalue weighted by Crippen LogP contribution is 2.37. The van der Waals surface area contributed by atoms with Gasteiger partial charge in [0.05, 0.1) is 7.11 Å². The molecule has 0 aliphatic carbocycles. The number of pyridine rings is 1. The van der Waals surface area contributed by atoms with E-state index < -0.39 is 5.60 Å². The highest BCUT2D eigenvalue weighted by atomic mass is 19.1. The van der Waals surface area contributed by atoms with Crippen LogP contribution in [0.15, 0.2) is 36.5 Å². The molecule has 1 saturated heterocycles. The van der Waals surface area contributed by atoms with E-state index in [1.54, 1.807) is 24.3 Å². The molecular weight excluding hydrogens is 397 g/mol. The molecule has 0 bridgehead atoms. The number of hydrogen-bond acceptors (Lipinski definition) is 4. The van der Waals surface area contributed by atoms with Gasteiger partial charge in [-0.15, -0.1) is 0 Å². The minimum absolute atomic E-state index is 0.259. The van der Waals surface area contributed by atoms with Gasteiger partial charge in [-0.25, -0.2) is 14.2 Å². The predicted molar refractivity (Wildman–Crippen MR) is 118 cm³/mol. The number of carbonyl (C=O) groups excluding carboxylic acids is 1. The van der Waals surface area contributed by atoms with Gasteiger partial charge in [-0.3, -0.25) is 0 Å². The zero-order chi connectivity index (χ0) is 22.2. The van der Waals surface area contributed by atoms with E-state index in [1.165, 1.54) is 12.1 Å². The van der Waals surface area contributed by atoms with Crippen molar-refractivity contribution < 1.29 is 18.7 Å². The van der Waals surface area contributed by atoms with Crippen molar-refractivity contribution in [3.8, 4) is 16.9 Å². The summed E-state index contributed by atoms with van der Waals surface area (Å²) in [5, 5.41) is 0.927. The van der Waals surface area contributed by atoms with Crippen LogP contribution >= 0.6 is 0 Å². The summed E-state index contributed by atoms with van der Waals surface area (Å²) < 4.78 is 24.9. The number of halogens is 1. The third kappa shape index (κ3) is 4.50. The molecular formula is C24H28FN3O3. The van der Waals surface area contributed by atoms with Crippen LogP contribution in [0.3, 0.4) is 0 Å². The molecule has 1 aliphatic rings. The zero-order valence-corrected chi connectivity index (χ0v) is 18.4. The van der Waals surface area contributed by atoms with E-state index in [-0.39, 0.29) is 17.8 Å². The first-order chi connectivity index (χ1) is 14.7. The molecule has 3 heterocycles. The number of aromatic nitrogens is 2. The Morgan fingerprint density at radius 3 is 2.58 bits per heavy atom. The highest BCUT2D eigenvalue weighted by molar-refractivity contribution is 5.95. The van der Waals surface area contributed by atoms with Crippen LogP contribution in [0.25, 0.3) is 22.2 Å². The number of amides is 1. The van der Waals surface area contributed by atoms with Crippen molar-refractivity contribution in [1.82, 2.24) is 14.9 Å². The number of aromatic amines is 1. The van der Waals surface area contributed by atoms with Crippen molar-refractivity contribution in [2.75, 3.05) is 20.2 Å². The van der Waals surface area contributed by atoms with Crippen LogP contribution in [-0.4, -0.2) is 46.8 Å². The van der Waals surface area contributed by atoms with E-state index in [4.69, 9.17) is 9.47 Å². The molecule has 31 heavy (non-hydrogen) atoms. The number of rotatable bonds is 3. The Morgan fingerprint density at radius 2 is 1.90 bits per heavy atom. The van der Waals surface area contributed by atoms with Crippen molar-refractivity contribution in [3.05, 3.63) is 48.0 Å². The van der Waals surface area contributed by atoms with Crippen LogP contribution in [0.5, 0.6) is 5.75 Å². The van der Waals surface area contributed by atoms with Crippen molar-refractivity contribution in [2.24, 2.45) is 0 Å². The summed E-state index contributed by atoms with van der Waals surface area (Å²) in [5.74, 6) is 0.587. The number of benzene rings is 1. The maximum absolute atomic E-state index is 13.9. The second kappa shape index (κ2) is 8.21. The van der Waals surface area contributed by atoms with E-state index in [1.807, 2.05) is 26.8 Å². The number of nitrogens with one attached hydrogen (secondary N) is 1. The number of likely N-dealkylation sites (tertiary alicyclic amines) is 1. The number of piperidine rings is 1. The quantitative estimate of drug-likeness (QED) is 0.602. The SMILES string of the molecule is COc1ccc(F)cc1-c1ccnc2[nH]c(C3CCN(C(=O)OC(C)(C)C)CC3)cc12. The third-order valence-electron chi connectivity index (χ3n) is 5.59. The maximum atomic E-state index is 13.9. The Kier molecular flexibility index (Phi) is 5.60. The molecule has 1 fully saturated rings. The molecule has 7 heteroatoms. The summed E-state index contributed by atoms with van der Waals surface area (Å²) in [5.41, 5.74) is 2.91. The third-order valence-corrected chi connectivity index (χ3v) is 5.59. The van der Waals surface area contributed by atoms with Gasteiger partial charge < -0.3 is 19.4 Å². The molecule has 1 aliphatic heterocycles. The molecule has 4 rings (SSSR count). The van der Waals surface area contributed by atoms with Crippen LogP contribution in [-0.2, 0) is 4.74 Å². The number of H-pyrrole nitrogens is 1. The fraction of sp³-hybridized carbons (Fsp3) is 0.417. The average Bonchev–Trinajstić information content (AvgIpc) is 3.17. The molecule has 1 N–H and O–H groups in total. The first-order valence-electron chi connectivity index (χ1n) is 10.5. The Hall–Kier alpha value is -3.09. The molecule has 0 atom stereocenters. The van der Waals surface area contributed by atoms with Gasteiger partial charge >= 0.3 is 6.09 Å². The summed E-state index contributed by atoms with van der Waals surface area (Å²) in [4.78, 5) is 22.0. The van der Waals surface area contributed by atoms with Gasteiger partial charge in [-0.2, -0.15) is 0 Å². The average molecular weight is 426 g/mol. The number of carbonyl (C=O) groups is 1. The number of ether oxygens (including phenoxy) is 2. The topological polar surface area (TPSA) is 67.5 Å². The van der Waals surface area contributed by atoms with Gasteiger partial charge in [0.15, 0.2) is 0 Å². The van der Waals surface area contributed by atoms with Crippen molar-refractivity contribution in [3.63, 3.8) is 0 Å². The van der Waals surface area contributed by atoms with Crippen LogP contribution in [0, 0.1) is 5.82 Å². The van der Waals surface area contributed by atoms with Crippen molar-refractivity contribution in [1.29, 1.82) is 0 Å². The fourth-order valence-electron chi connectivity index (χ4n) is 4.09. The van der Waals surface area contributed by atoms with Gasteiger partial charge in [-0.05, 0) is 69.5 Å². The molecule has 164 valence electrons. The Labute approximate surface area is 181 Å². The first-order valence-corrected chi connectivity index (χ1v) is 10.5. The van der Waals surface area contributed by atoms with Crippen LogP contribution in [0.2, 0.25) is 0 Å². The number of fused-ring (bicyclic) bond motifs is 1. The minimum atomic E-state index is -0.495. The lowest BCUT2D eigenvalue weighted by Gasteiger charge is -2.33. The molecule has 1 amide bonds. The van der Waals surface area contributed by atoms with E-state index in [9.17, 15) is 9.18 Å². The summed E-state index contributed by atoms with van der Waals surface area (Å²) in [6.07, 6.45) is 3.13. The normalized spacial score (nSPS) is 15.3. The van der Waals surface area contributed by atoms with E-state index >= 15 is 0 Å². The highest BCUT2D eigenvalue weighted by Gasteiger charge is 2.28. The first kappa shape index (κ1) is 21.2. The Morgan fingerprint density at radius 1 is 1.16 bits per heavy atom. The number of nitrogens with zero attached hydrogens (tertiary/aromatic N) is 2. The molecule has 3 aromatic rings. The summed E-state index contributed by atoms with van der Waals surface area (Å²) in [7, 11) is 1.58. The van der Waals surface area contributed by atoms with Gasteiger partial charge in [0.2, 0.25) is 0 Å². The molecule has 2 aromatic heterocycles. The largest absolute Gasteiger partial charge is 0.496 e. The fourth-order valence-corrected chi connectivity index (χ4v) is 4.09. The molecule has 0 unspecified atom stereocenters. The van der Waals surface area contributed by atoms with E-state index in [2.05, 4.69) is 16.0 Å². The van der Waals surface area contributed by atoms with Crippen LogP contribution < -0.4 is 4.74 Å². The zero-order valence-electron chi connectivity index (χ0n) is 18.4. The van der Waals surface area contributed by atoms with E-state index in [0.717, 1.165) is 35.1 Å². The van der Waals surface area contributed by atoms with Gasteiger partial charge in [0.25, 0.3) is 0 Å². The van der Waals surface area contributed by atoms with E-state index in [0.29, 0.717) is 24.4 Å².